The largest absolute Gasteiger partial charge is 0.295 e. The first-order valence-corrected chi connectivity index (χ1v) is 4.39. The minimum atomic E-state index is 0.536. The van der Waals surface area contributed by atoms with Gasteiger partial charge in [0, 0.05) is 12.6 Å². The third kappa shape index (κ3) is 1.51. The van der Waals surface area contributed by atoms with E-state index in [-0.39, 0.29) is 0 Å². The summed E-state index contributed by atoms with van der Waals surface area (Å²) in [4.78, 5) is 2.34. The van der Waals surface area contributed by atoms with Gasteiger partial charge in [0.1, 0.15) is 0 Å². The molecule has 0 bridgehead atoms. The summed E-state index contributed by atoms with van der Waals surface area (Å²) in [6, 6.07) is 0.536. The van der Waals surface area contributed by atoms with Gasteiger partial charge in [-0.05, 0) is 32.0 Å². The second-order valence-corrected chi connectivity index (χ2v) is 3.26. The third-order valence-corrected chi connectivity index (χ3v) is 2.55. The van der Waals surface area contributed by atoms with E-state index < -0.39 is 0 Å². The number of likely N-dealkylation sites (tertiary alicyclic amines) is 1. The SMILES string of the molecule is C=CC=C1/C(=C\C)CN(C)C1C. The lowest BCUT2D eigenvalue weighted by atomic mass is 10.0. The van der Waals surface area contributed by atoms with Crippen molar-refractivity contribution in [1.29, 1.82) is 0 Å². The molecule has 0 spiro atoms. The first kappa shape index (κ1) is 9.27. The average molecular weight is 163 g/mol. The highest BCUT2D eigenvalue weighted by atomic mass is 15.1. The Morgan fingerprint density at radius 2 is 2.25 bits per heavy atom. The topological polar surface area (TPSA) is 3.24 Å². The van der Waals surface area contributed by atoms with Crippen molar-refractivity contribution in [3.05, 3.63) is 36.0 Å². The van der Waals surface area contributed by atoms with E-state index >= 15 is 0 Å². The number of hydrogen-bond donors (Lipinski definition) is 0. The van der Waals surface area contributed by atoms with Gasteiger partial charge >= 0.3 is 0 Å². The highest BCUT2D eigenvalue weighted by molar-refractivity contribution is 5.41. The molecule has 1 heteroatoms. The van der Waals surface area contributed by atoms with Crippen molar-refractivity contribution in [1.82, 2.24) is 4.90 Å². The first-order valence-electron chi connectivity index (χ1n) is 4.39. The Morgan fingerprint density at radius 1 is 1.58 bits per heavy atom. The van der Waals surface area contributed by atoms with Gasteiger partial charge < -0.3 is 0 Å². The van der Waals surface area contributed by atoms with E-state index in [1.807, 2.05) is 6.08 Å². The maximum absolute atomic E-state index is 3.73. The van der Waals surface area contributed by atoms with E-state index in [1.165, 1.54) is 11.1 Å². The van der Waals surface area contributed by atoms with Crippen molar-refractivity contribution in [2.45, 2.75) is 19.9 Å². The summed E-state index contributed by atoms with van der Waals surface area (Å²) in [5.41, 5.74) is 2.85. The zero-order chi connectivity index (χ0) is 9.14. The van der Waals surface area contributed by atoms with E-state index in [2.05, 4.69) is 44.5 Å². The molecule has 1 unspecified atom stereocenters. The van der Waals surface area contributed by atoms with Crippen LogP contribution in [0.1, 0.15) is 13.8 Å². The molecule has 12 heavy (non-hydrogen) atoms. The van der Waals surface area contributed by atoms with Crippen molar-refractivity contribution in [2.75, 3.05) is 13.6 Å². The normalized spacial score (nSPS) is 31.8. The van der Waals surface area contributed by atoms with Crippen LogP contribution >= 0.6 is 0 Å². The summed E-state index contributed by atoms with van der Waals surface area (Å²) in [6.07, 6.45) is 6.17. The summed E-state index contributed by atoms with van der Waals surface area (Å²) >= 11 is 0. The number of nitrogens with zero attached hydrogens (tertiary/aromatic N) is 1. The molecule has 1 atom stereocenters. The average Bonchev–Trinajstić information content (AvgIpc) is 2.33. The zero-order valence-electron chi connectivity index (χ0n) is 8.17. The molecule has 1 aliphatic rings. The Bertz CT molecular complexity index is 235. The summed E-state index contributed by atoms with van der Waals surface area (Å²) in [6.45, 7) is 9.12. The fraction of sp³-hybridized carbons (Fsp3) is 0.455. The quantitative estimate of drug-likeness (QED) is 0.573. The van der Waals surface area contributed by atoms with Crippen molar-refractivity contribution in [3.63, 3.8) is 0 Å². The molecule has 0 aromatic rings. The Kier molecular flexibility index (Phi) is 2.88. The minimum absolute atomic E-state index is 0.536. The van der Waals surface area contributed by atoms with Gasteiger partial charge in [-0.25, -0.2) is 0 Å². The molecule has 66 valence electrons. The first-order chi connectivity index (χ1) is 5.70. The van der Waals surface area contributed by atoms with E-state index in [0.29, 0.717) is 6.04 Å². The van der Waals surface area contributed by atoms with Gasteiger partial charge in [0.15, 0.2) is 0 Å². The molecule has 1 fully saturated rings. The minimum Gasteiger partial charge on any atom is -0.295 e. The Morgan fingerprint density at radius 3 is 2.75 bits per heavy atom. The molecular weight excluding hydrogens is 146 g/mol. The van der Waals surface area contributed by atoms with E-state index in [1.54, 1.807) is 0 Å². The molecular formula is C11H17N. The van der Waals surface area contributed by atoms with Crippen LogP contribution in [0.25, 0.3) is 0 Å². The van der Waals surface area contributed by atoms with Gasteiger partial charge in [-0.3, -0.25) is 4.90 Å². The molecule has 0 aromatic carbocycles. The fourth-order valence-corrected chi connectivity index (χ4v) is 1.63. The summed E-state index contributed by atoms with van der Waals surface area (Å²) in [7, 11) is 2.15. The van der Waals surface area contributed by atoms with E-state index in [4.69, 9.17) is 0 Å². The van der Waals surface area contributed by atoms with Gasteiger partial charge in [0.25, 0.3) is 0 Å². The number of likely N-dealkylation sites (N-methyl/N-ethyl adjacent to an activating group) is 1. The predicted octanol–water partition coefficient (Wildman–Crippen LogP) is 2.38. The molecule has 0 radical (unpaired) electrons. The summed E-state index contributed by atoms with van der Waals surface area (Å²) in [5, 5.41) is 0. The number of allylic oxidation sites excluding steroid dienone is 3. The van der Waals surface area contributed by atoms with Crippen LogP contribution in [0.15, 0.2) is 36.0 Å². The third-order valence-electron chi connectivity index (χ3n) is 2.55. The van der Waals surface area contributed by atoms with Crippen LogP contribution in [-0.2, 0) is 0 Å². The summed E-state index contributed by atoms with van der Waals surface area (Å²) < 4.78 is 0. The Balaban J connectivity index is 2.96. The number of rotatable bonds is 1. The predicted molar refractivity (Wildman–Crippen MR) is 54.1 cm³/mol. The van der Waals surface area contributed by atoms with Gasteiger partial charge in [0.05, 0.1) is 0 Å². The molecule has 0 aliphatic carbocycles. The molecule has 1 aliphatic heterocycles. The Hall–Kier alpha value is -0.820. The smallest absolute Gasteiger partial charge is 0.0323 e. The molecule has 1 saturated heterocycles. The van der Waals surface area contributed by atoms with Crippen molar-refractivity contribution in [2.24, 2.45) is 0 Å². The lowest BCUT2D eigenvalue weighted by Crippen LogP contribution is -2.22. The number of hydrogen-bond acceptors (Lipinski definition) is 1. The van der Waals surface area contributed by atoms with Gasteiger partial charge in [0.2, 0.25) is 0 Å². The van der Waals surface area contributed by atoms with Crippen LogP contribution in [-0.4, -0.2) is 24.5 Å². The Labute approximate surface area is 75.1 Å². The van der Waals surface area contributed by atoms with Crippen LogP contribution in [0.2, 0.25) is 0 Å². The summed E-state index contributed by atoms with van der Waals surface area (Å²) in [5.74, 6) is 0. The molecule has 1 heterocycles. The van der Waals surface area contributed by atoms with Crippen LogP contribution < -0.4 is 0 Å². The molecule has 0 amide bonds. The molecule has 1 rings (SSSR count). The second-order valence-electron chi connectivity index (χ2n) is 3.26. The molecule has 1 nitrogen and oxygen atoms in total. The van der Waals surface area contributed by atoms with Crippen molar-refractivity contribution in [3.8, 4) is 0 Å². The van der Waals surface area contributed by atoms with Crippen LogP contribution in [0.5, 0.6) is 0 Å². The van der Waals surface area contributed by atoms with Crippen molar-refractivity contribution >= 4 is 0 Å². The van der Waals surface area contributed by atoms with Gasteiger partial charge in [-0.15, -0.1) is 0 Å². The lowest BCUT2D eigenvalue weighted by molar-refractivity contribution is 0.354. The van der Waals surface area contributed by atoms with E-state index in [9.17, 15) is 0 Å². The second kappa shape index (κ2) is 3.72. The van der Waals surface area contributed by atoms with Gasteiger partial charge in [-0.1, -0.05) is 24.8 Å². The highest BCUT2D eigenvalue weighted by Crippen LogP contribution is 2.26. The van der Waals surface area contributed by atoms with Crippen molar-refractivity contribution < 1.29 is 0 Å². The molecule has 0 aromatic heterocycles. The van der Waals surface area contributed by atoms with E-state index in [0.717, 1.165) is 6.54 Å². The maximum atomic E-state index is 3.73. The van der Waals surface area contributed by atoms with Crippen LogP contribution in [0.4, 0.5) is 0 Å². The maximum Gasteiger partial charge on any atom is 0.0323 e. The zero-order valence-corrected chi connectivity index (χ0v) is 8.17. The highest BCUT2D eigenvalue weighted by Gasteiger charge is 2.24. The lowest BCUT2D eigenvalue weighted by Gasteiger charge is -2.13. The standard InChI is InChI=1S/C11H17N/c1-5-7-11-9(3)12(4)8-10(11)6-2/h5-7,9H,1,8H2,2-4H3/b10-6-,11-7?. The van der Waals surface area contributed by atoms with Crippen LogP contribution in [0.3, 0.4) is 0 Å². The van der Waals surface area contributed by atoms with Crippen LogP contribution in [0, 0.1) is 0 Å². The monoisotopic (exact) mass is 163 g/mol. The molecule has 0 saturated carbocycles. The van der Waals surface area contributed by atoms with Gasteiger partial charge in [-0.2, -0.15) is 0 Å². The molecule has 0 N–H and O–H groups in total. The fourth-order valence-electron chi connectivity index (χ4n) is 1.63.